The third-order valence-corrected chi connectivity index (χ3v) is 6.13. The van der Waals surface area contributed by atoms with Gasteiger partial charge in [-0.05, 0) is 42.5 Å². The largest absolute Gasteiger partial charge is 0.443 e. The van der Waals surface area contributed by atoms with Crippen molar-refractivity contribution in [3.05, 3.63) is 71.5 Å². The van der Waals surface area contributed by atoms with E-state index in [9.17, 15) is 14.4 Å². The Morgan fingerprint density at radius 2 is 1.71 bits per heavy atom. The van der Waals surface area contributed by atoms with Gasteiger partial charge in [0.2, 0.25) is 0 Å². The summed E-state index contributed by atoms with van der Waals surface area (Å²) in [4.78, 5) is 48.5. The molecule has 1 aromatic carbocycles. The average molecular weight is 539 g/mol. The van der Waals surface area contributed by atoms with Crippen molar-refractivity contribution in [1.29, 1.82) is 0 Å². The SMILES string of the molecule is CC(C)C[C@@H](NC(=O)OCc1ccccn1)C(=O)NNC(=O)c1csc(N(CC(C)C)c2ccccc2)n1. The molecule has 3 N–H and O–H groups in total. The summed E-state index contributed by atoms with van der Waals surface area (Å²) in [5.74, 6) is -0.650. The van der Waals surface area contributed by atoms with Crippen LogP contribution in [0.1, 0.15) is 50.3 Å². The van der Waals surface area contributed by atoms with Crippen molar-refractivity contribution in [2.24, 2.45) is 11.8 Å². The quantitative estimate of drug-likeness (QED) is 0.308. The lowest BCUT2D eigenvalue weighted by Gasteiger charge is -2.23. The summed E-state index contributed by atoms with van der Waals surface area (Å²) in [5, 5.41) is 4.89. The van der Waals surface area contributed by atoms with Gasteiger partial charge in [0.05, 0.1) is 5.69 Å². The van der Waals surface area contributed by atoms with E-state index in [0.29, 0.717) is 23.2 Å². The van der Waals surface area contributed by atoms with Gasteiger partial charge < -0.3 is 15.0 Å². The van der Waals surface area contributed by atoms with Gasteiger partial charge in [-0.25, -0.2) is 9.78 Å². The molecular weight excluding hydrogens is 504 g/mol. The summed E-state index contributed by atoms with van der Waals surface area (Å²) >= 11 is 1.35. The van der Waals surface area contributed by atoms with E-state index in [1.165, 1.54) is 11.3 Å². The number of carbonyl (C=O) groups excluding carboxylic acids is 3. The molecule has 0 unspecified atom stereocenters. The Morgan fingerprint density at radius 1 is 0.974 bits per heavy atom. The molecule has 10 nitrogen and oxygen atoms in total. The fourth-order valence-corrected chi connectivity index (χ4v) is 4.37. The second kappa shape index (κ2) is 14.1. The lowest BCUT2D eigenvalue weighted by Crippen LogP contribution is -2.52. The summed E-state index contributed by atoms with van der Waals surface area (Å²) in [6.07, 6.45) is 1.20. The molecule has 2 heterocycles. The zero-order valence-corrected chi connectivity index (χ0v) is 22.8. The van der Waals surface area contributed by atoms with E-state index >= 15 is 0 Å². The van der Waals surface area contributed by atoms with Gasteiger partial charge in [0.1, 0.15) is 18.3 Å². The average Bonchev–Trinajstić information content (AvgIpc) is 3.39. The number of hydrogen-bond acceptors (Lipinski definition) is 8. The van der Waals surface area contributed by atoms with Crippen molar-refractivity contribution in [3.8, 4) is 0 Å². The highest BCUT2D eigenvalue weighted by molar-refractivity contribution is 7.14. The van der Waals surface area contributed by atoms with Crippen molar-refractivity contribution in [2.45, 2.75) is 46.8 Å². The number of aromatic nitrogens is 2. The Kier molecular flexibility index (Phi) is 10.6. The molecule has 0 saturated carbocycles. The molecule has 3 amide bonds. The number of amides is 3. The first-order valence-electron chi connectivity index (χ1n) is 12.4. The first-order chi connectivity index (χ1) is 18.2. The van der Waals surface area contributed by atoms with Gasteiger partial charge in [0.15, 0.2) is 5.13 Å². The van der Waals surface area contributed by atoms with Crippen LogP contribution < -0.4 is 21.1 Å². The first kappa shape index (κ1) is 28.6. The zero-order valence-electron chi connectivity index (χ0n) is 22.0. The highest BCUT2D eigenvalue weighted by Gasteiger charge is 2.24. The predicted molar refractivity (Wildman–Crippen MR) is 147 cm³/mol. The molecular formula is C27H34N6O4S. The van der Waals surface area contributed by atoms with Crippen molar-refractivity contribution in [3.63, 3.8) is 0 Å². The molecule has 0 saturated heterocycles. The molecule has 0 aliphatic carbocycles. The van der Waals surface area contributed by atoms with Crippen molar-refractivity contribution in [1.82, 2.24) is 26.1 Å². The van der Waals surface area contributed by atoms with E-state index in [-0.39, 0.29) is 18.2 Å². The minimum atomic E-state index is -0.905. The number of para-hydroxylation sites is 1. The number of pyridine rings is 1. The number of nitrogens with one attached hydrogen (secondary N) is 3. The van der Waals surface area contributed by atoms with Crippen LogP contribution in [0.15, 0.2) is 60.1 Å². The van der Waals surface area contributed by atoms with E-state index in [2.05, 4.69) is 44.9 Å². The summed E-state index contributed by atoms with van der Waals surface area (Å²) in [5.41, 5.74) is 6.54. The fraction of sp³-hybridized carbons (Fsp3) is 0.370. The minimum absolute atomic E-state index is 0.0254. The van der Waals surface area contributed by atoms with Gasteiger partial charge in [-0.2, -0.15) is 0 Å². The third-order valence-electron chi connectivity index (χ3n) is 5.26. The molecule has 0 aliphatic heterocycles. The maximum atomic E-state index is 12.8. The van der Waals surface area contributed by atoms with Crippen LogP contribution in [-0.4, -0.2) is 40.5 Å². The molecule has 3 aromatic rings. The Labute approximate surface area is 226 Å². The van der Waals surface area contributed by atoms with Gasteiger partial charge in [-0.15, -0.1) is 11.3 Å². The molecule has 0 spiro atoms. The molecule has 3 rings (SSSR count). The number of carbonyl (C=O) groups is 3. The zero-order chi connectivity index (χ0) is 27.5. The molecule has 11 heteroatoms. The number of rotatable bonds is 11. The number of nitrogens with zero attached hydrogens (tertiary/aromatic N) is 3. The molecule has 0 aliphatic rings. The van der Waals surface area contributed by atoms with Gasteiger partial charge in [-0.3, -0.25) is 25.4 Å². The third kappa shape index (κ3) is 8.84. The van der Waals surface area contributed by atoms with Gasteiger partial charge in [0.25, 0.3) is 11.8 Å². The van der Waals surface area contributed by atoms with Crippen LogP contribution in [0.25, 0.3) is 0 Å². The van der Waals surface area contributed by atoms with E-state index in [1.807, 2.05) is 44.2 Å². The van der Waals surface area contributed by atoms with Gasteiger partial charge >= 0.3 is 6.09 Å². The van der Waals surface area contributed by atoms with E-state index in [1.54, 1.807) is 29.8 Å². The van der Waals surface area contributed by atoms with E-state index in [4.69, 9.17) is 4.74 Å². The lowest BCUT2D eigenvalue weighted by molar-refractivity contribution is -0.124. The van der Waals surface area contributed by atoms with Gasteiger partial charge in [-0.1, -0.05) is 52.0 Å². The van der Waals surface area contributed by atoms with Crippen molar-refractivity contribution < 1.29 is 19.1 Å². The first-order valence-corrected chi connectivity index (χ1v) is 13.3. The maximum Gasteiger partial charge on any atom is 0.408 e. The number of alkyl carbamates (subject to hydrolysis) is 1. The van der Waals surface area contributed by atoms with Crippen LogP contribution in [0.3, 0.4) is 0 Å². The monoisotopic (exact) mass is 538 g/mol. The second-order valence-electron chi connectivity index (χ2n) is 9.52. The number of anilines is 2. The summed E-state index contributed by atoms with van der Waals surface area (Å²) in [6, 6.07) is 14.2. The summed E-state index contributed by atoms with van der Waals surface area (Å²) in [7, 11) is 0. The number of hydrazine groups is 1. The van der Waals surface area contributed by atoms with Crippen LogP contribution >= 0.6 is 11.3 Å². The predicted octanol–water partition coefficient (Wildman–Crippen LogP) is 4.43. The molecule has 1 atom stereocenters. The molecule has 0 radical (unpaired) electrons. The Morgan fingerprint density at radius 3 is 2.37 bits per heavy atom. The normalized spacial score (nSPS) is 11.6. The summed E-state index contributed by atoms with van der Waals surface area (Å²) in [6.45, 7) is 8.78. The van der Waals surface area contributed by atoms with E-state index in [0.717, 1.165) is 12.2 Å². The Hall–Kier alpha value is -3.99. The molecule has 0 bridgehead atoms. The lowest BCUT2D eigenvalue weighted by atomic mass is 10.0. The summed E-state index contributed by atoms with van der Waals surface area (Å²) < 4.78 is 5.18. The molecule has 0 fully saturated rings. The number of benzene rings is 1. The highest BCUT2D eigenvalue weighted by atomic mass is 32.1. The van der Waals surface area contributed by atoms with Crippen LogP contribution in [0.2, 0.25) is 0 Å². The molecule has 202 valence electrons. The Bertz CT molecular complexity index is 1190. The van der Waals surface area contributed by atoms with Crippen molar-refractivity contribution >= 4 is 40.1 Å². The number of thiazole rings is 1. The van der Waals surface area contributed by atoms with Crippen molar-refractivity contribution in [2.75, 3.05) is 11.4 Å². The van der Waals surface area contributed by atoms with Gasteiger partial charge in [0, 0.05) is 23.8 Å². The van der Waals surface area contributed by atoms with E-state index < -0.39 is 23.9 Å². The van der Waals surface area contributed by atoms with Crippen LogP contribution in [0.4, 0.5) is 15.6 Å². The van der Waals surface area contributed by atoms with Crippen LogP contribution in [0, 0.1) is 11.8 Å². The topological polar surface area (TPSA) is 126 Å². The smallest absolute Gasteiger partial charge is 0.408 e. The number of ether oxygens (including phenoxy) is 1. The molecule has 38 heavy (non-hydrogen) atoms. The Balaban J connectivity index is 1.58. The van der Waals surface area contributed by atoms with Crippen LogP contribution in [0.5, 0.6) is 0 Å². The number of hydrogen-bond donors (Lipinski definition) is 3. The molecule has 2 aromatic heterocycles. The fourth-order valence-electron chi connectivity index (χ4n) is 3.54. The highest BCUT2D eigenvalue weighted by Crippen LogP contribution is 2.29. The maximum absolute atomic E-state index is 12.8. The second-order valence-corrected chi connectivity index (χ2v) is 10.4. The standard InChI is InChI=1S/C27H34N6O4S/c1-18(2)14-22(30-27(36)37-16-20-10-8-9-13-28-20)24(34)31-32-25(35)23-17-38-26(29-23)33(15-19(3)4)21-11-6-5-7-12-21/h5-13,17-19,22H,14-16H2,1-4H3,(H,30,36)(H,31,34)(H,32,35)/t22-/m1/s1. The minimum Gasteiger partial charge on any atom is -0.443 e. The van der Waals surface area contributed by atoms with Crippen LogP contribution in [-0.2, 0) is 16.1 Å².